The van der Waals surface area contributed by atoms with Gasteiger partial charge >= 0.3 is 0 Å². The number of nitrogens with zero attached hydrogens (tertiary/aromatic N) is 4. The van der Waals surface area contributed by atoms with Crippen LogP contribution in [0.4, 0.5) is 4.39 Å². The molecule has 216 valence electrons. The second-order valence-corrected chi connectivity index (χ2v) is 12.1. The summed E-state index contributed by atoms with van der Waals surface area (Å²) in [7, 11) is 1.71. The molecule has 0 bridgehead atoms. The van der Waals surface area contributed by atoms with E-state index in [0.29, 0.717) is 23.6 Å². The van der Waals surface area contributed by atoms with E-state index in [1.54, 1.807) is 25.5 Å². The molecule has 0 spiro atoms. The molecule has 2 saturated heterocycles. The summed E-state index contributed by atoms with van der Waals surface area (Å²) in [5.41, 5.74) is 3.69. The summed E-state index contributed by atoms with van der Waals surface area (Å²) in [6.45, 7) is 5.39. The van der Waals surface area contributed by atoms with Crippen LogP contribution in [0.3, 0.4) is 0 Å². The van der Waals surface area contributed by atoms with E-state index in [1.165, 1.54) is 18.4 Å². The Morgan fingerprint density at radius 3 is 2.40 bits per heavy atom. The van der Waals surface area contributed by atoms with Gasteiger partial charge in [-0.15, -0.1) is 0 Å². The number of nitrogens with one attached hydrogen (secondary N) is 1. The second kappa shape index (κ2) is 13.2. The summed E-state index contributed by atoms with van der Waals surface area (Å²) >= 11 is 0. The molecule has 3 aliphatic rings. The minimum atomic E-state index is -0.177. The molecule has 0 radical (unpaired) electrons. The molecule has 2 atom stereocenters. The van der Waals surface area contributed by atoms with Gasteiger partial charge in [-0.2, -0.15) is 0 Å². The quantitative estimate of drug-likeness (QED) is 0.532. The number of hydrogen-bond donors (Lipinski definition) is 1. The van der Waals surface area contributed by atoms with Crippen LogP contribution in [0, 0.1) is 24.6 Å². The number of likely N-dealkylation sites (tertiary alicyclic amines) is 2. The molecule has 40 heavy (non-hydrogen) atoms. The molecule has 7 nitrogen and oxygen atoms in total. The monoisotopic (exact) mass is 549 g/mol. The zero-order chi connectivity index (χ0) is 28.1. The van der Waals surface area contributed by atoms with Crippen LogP contribution in [0.25, 0.3) is 0 Å². The average Bonchev–Trinajstić information content (AvgIpc) is 3.00. The van der Waals surface area contributed by atoms with E-state index in [9.17, 15) is 14.0 Å². The smallest absolute Gasteiger partial charge is 0.272 e. The van der Waals surface area contributed by atoms with Crippen molar-refractivity contribution in [3.05, 3.63) is 58.9 Å². The van der Waals surface area contributed by atoms with Crippen molar-refractivity contribution in [3.63, 3.8) is 0 Å². The van der Waals surface area contributed by atoms with Gasteiger partial charge in [0.05, 0.1) is 0 Å². The molecule has 3 heterocycles. The lowest BCUT2D eigenvalue weighted by molar-refractivity contribution is -0.126. The lowest BCUT2D eigenvalue weighted by Crippen LogP contribution is -2.50. The third kappa shape index (κ3) is 6.70. The van der Waals surface area contributed by atoms with Crippen molar-refractivity contribution in [1.82, 2.24) is 25.1 Å². The van der Waals surface area contributed by atoms with Crippen molar-refractivity contribution in [2.45, 2.75) is 83.1 Å². The van der Waals surface area contributed by atoms with Gasteiger partial charge in [0.15, 0.2) is 0 Å². The molecular formula is C32H44FN5O2. The number of carbonyl (C=O) groups is 2. The van der Waals surface area contributed by atoms with Gasteiger partial charge in [-0.3, -0.25) is 9.59 Å². The van der Waals surface area contributed by atoms with Gasteiger partial charge in [0, 0.05) is 43.4 Å². The molecule has 3 fully saturated rings. The van der Waals surface area contributed by atoms with E-state index in [-0.39, 0.29) is 23.5 Å². The first-order chi connectivity index (χ1) is 19.4. The molecule has 8 heteroatoms. The molecule has 2 aromatic rings. The number of amides is 2. The van der Waals surface area contributed by atoms with E-state index < -0.39 is 0 Å². The van der Waals surface area contributed by atoms with Gasteiger partial charge in [0.2, 0.25) is 5.91 Å². The van der Waals surface area contributed by atoms with Gasteiger partial charge in [0.1, 0.15) is 17.8 Å². The van der Waals surface area contributed by atoms with Crippen LogP contribution in [-0.4, -0.2) is 70.9 Å². The fourth-order valence-corrected chi connectivity index (χ4v) is 7.20. The largest absolute Gasteiger partial charge is 0.359 e. The summed E-state index contributed by atoms with van der Waals surface area (Å²) in [5, 5.41) is 2.78. The second-order valence-electron chi connectivity index (χ2n) is 12.1. The first-order valence-electron chi connectivity index (χ1n) is 15.2. The van der Waals surface area contributed by atoms with Gasteiger partial charge in [-0.1, -0.05) is 25.0 Å². The molecule has 1 aliphatic carbocycles. The van der Waals surface area contributed by atoms with Gasteiger partial charge < -0.3 is 15.1 Å². The molecule has 1 saturated carbocycles. The van der Waals surface area contributed by atoms with Crippen molar-refractivity contribution in [3.8, 4) is 0 Å². The number of piperidine rings is 2. The lowest BCUT2D eigenvalue weighted by Gasteiger charge is -2.41. The average molecular weight is 550 g/mol. The minimum absolute atomic E-state index is 0.0203. The van der Waals surface area contributed by atoms with Gasteiger partial charge in [0.25, 0.3) is 5.91 Å². The Balaban J connectivity index is 1.12. The Morgan fingerprint density at radius 1 is 0.975 bits per heavy atom. The van der Waals surface area contributed by atoms with Crippen LogP contribution in [0.1, 0.15) is 91.0 Å². The van der Waals surface area contributed by atoms with Gasteiger partial charge in [-0.05, 0) is 101 Å². The van der Waals surface area contributed by atoms with Crippen LogP contribution < -0.4 is 5.32 Å². The molecule has 1 aromatic carbocycles. The number of hydrogen-bond acceptors (Lipinski definition) is 5. The van der Waals surface area contributed by atoms with Crippen molar-refractivity contribution in [2.75, 3.05) is 33.2 Å². The Bertz CT molecular complexity index is 1160. The van der Waals surface area contributed by atoms with E-state index in [4.69, 9.17) is 0 Å². The zero-order valence-corrected chi connectivity index (χ0v) is 24.1. The minimum Gasteiger partial charge on any atom is -0.359 e. The molecule has 2 aliphatic heterocycles. The zero-order valence-electron chi connectivity index (χ0n) is 24.1. The van der Waals surface area contributed by atoms with Crippen LogP contribution >= 0.6 is 0 Å². The summed E-state index contributed by atoms with van der Waals surface area (Å²) in [6.07, 6.45) is 11.9. The summed E-state index contributed by atoms with van der Waals surface area (Å²) in [6, 6.07) is 7.49. The molecular weight excluding hydrogens is 505 g/mol. The molecule has 2 amide bonds. The normalized spacial score (nSPS) is 23.2. The predicted molar refractivity (Wildman–Crippen MR) is 153 cm³/mol. The van der Waals surface area contributed by atoms with E-state index >= 15 is 0 Å². The van der Waals surface area contributed by atoms with Crippen LogP contribution in [0.15, 0.2) is 30.6 Å². The van der Waals surface area contributed by atoms with Crippen molar-refractivity contribution in [2.24, 2.45) is 11.8 Å². The van der Waals surface area contributed by atoms with Crippen LogP contribution in [0.5, 0.6) is 0 Å². The standard InChI is InChI=1S/C32H44FN5O2/c1-22-29(11-6-23-4-3-5-26(20-23)24-7-9-27(33)10-8-24)35-21-36-30(22)32(40)38-18-14-28(15-19-38)37-16-12-25(13-17-37)31(39)34-2/h7-10,21,23,25-26,28H,3-6,11-20H2,1-2H3,(H,34,39). The Kier molecular flexibility index (Phi) is 9.45. The maximum Gasteiger partial charge on any atom is 0.272 e. The number of halogens is 1. The van der Waals surface area contributed by atoms with Crippen LogP contribution in [-0.2, 0) is 11.2 Å². The number of carbonyl (C=O) groups excluding carboxylic acids is 2. The summed E-state index contributed by atoms with van der Waals surface area (Å²) in [4.78, 5) is 38.9. The molecule has 1 aromatic heterocycles. The maximum absolute atomic E-state index is 13.5. The van der Waals surface area contributed by atoms with E-state index in [1.807, 2.05) is 24.0 Å². The predicted octanol–water partition coefficient (Wildman–Crippen LogP) is 4.89. The van der Waals surface area contributed by atoms with E-state index in [0.717, 1.165) is 88.8 Å². The summed E-state index contributed by atoms with van der Waals surface area (Å²) in [5.74, 6) is 1.24. The number of rotatable bonds is 7. The number of aryl methyl sites for hydroxylation is 1. The van der Waals surface area contributed by atoms with Crippen molar-refractivity contribution >= 4 is 11.8 Å². The number of aromatic nitrogens is 2. The topological polar surface area (TPSA) is 78.4 Å². The highest BCUT2D eigenvalue weighted by molar-refractivity contribution is 5.93. The first kappa shape index (κ1) is 28.7. The molecule has 1 N–H and O–H groups in total. The van der Waals surface area contributed by atoms with Gasteiger partial charge in [-0.25, -0.2) is 14.4 Å². The third-order valence-electron chi connectivity index (χ3n) is 9.72. The highest BCUT2D eigenvalue weighted by atomic mass is 19.1. The number of benzene rings is 1. The molecule has 5 rings (SSSR count). The Morgan fingerprint density at radius 2 is 1.70 bits per heavy atom. The highest BCUT2D eigenvalue weighted by Crippen LogP contribution is 2.38. The summed E-state index contributed by atoms with van der Waals surface area (Å²) < 4.78 is 13.4. The SMILES string of the molecule is CNC(=O)C1CCN(C2CCN(C(=O)c3ncnc(CCC4CCCC(c5ccc(F)cc5)C4)c3C)CC2)CC1. The maximum atomic E-state index is 13.5. The Hall–Kier alpha value is -2.87. The molecule has 2 unspecified atom stereocenters. The van der Waals surface area contributed by atoms with E-state index in [2.05, 4.69) is 20.2 Å². The Labute approximate surface area is 237 Å². The lowest BCUT2D eigenvalue weighted by atomic mass is 9.76. The van der Waals surface area contributed by atoms with Crippen LogP contribution in [0.2, 0.25) is 0 Å². The fraction of sp³-hybridized carbons (Fsp3) is 0.625. The fourth-order valence-electron chi connectivity index (χ4n) is 7.20. The van der Waals surface area contributed by atoms with Crippen molar-refractivity contribution in [1.29, 1.82) is 0 Å². The third-order valence-corrected chi connectivity index (χ3v) is 9.72. The van der Waals surface area contributed by atoms with Crippen molar-refractivity contribution < 1.29 is 14.0 Å². The first-order valence-corrected chi connectivity index (χ1v) is 15.2. The highest BCUT2D eigenvalue weighted by Gasteiger charge is 2.32.